The number of benzene rings is 2. The van der Waals surface area contributed by atoms with Crippen molar-refractivity contribution in [1.82, 2.24) is 0 Å². The molecule has 0 spiro atoms. The standard InChI is InChI=1S/C18H19N3O4/c1-24-18-12-17(20-8-10-25-11-9-20)5-2-14(18)13-19-15-3-6-16(7-4-15)21(22)23/h2-7,12-13H,8-11H2,1H3. The molecule has 0 radical (unpaired) electrons. The van der Waals surface area contributed by atoms with Gasteiger partial charge in [0, 0.05) is 48.8 Å². The van der Waals surface area contributed by atoms with Gasteiger partial charge >= 0.3 is 0 Å². The Labute approximate surface area is 145 Å². The third kappa shape index (κ3) is 4.13. The second-order valence-electron chi connectivity index (χ2n) is 5.56. The summed E-state index contributed by atoms with van der Waals surface area (Å²) >= 11 is 0. The maximum atomic E-state index is 10.7. The summed E-state index contributed by atoms with van der Waals surface area (Å²) in [5, 5.41) is 10.7. The molecule has 0 N–H and O–H groups in total. The van der Waals surface area contributed by atoms with Crippen LogP contribution in [0.15, 0.2) is 47.5 Å². The van der Waals surface area contributed by atoms with Crippen molar-refractivity contribution >= 4 is 23.3 Å². The van der Waals surface area contributed by atoms with Crippen LogP contribution in [0.4, 0.5) is 17.1 Å². The zero-order chi connectivity index (χ0) is 17.6. The van der Waals surface area contributed by atoms with E-state index in [4.69, 9.17) is 9.47 Å². The Morgan fingerprint density at radius 2 is 1.92 bits per heavy atom. The number of methoxy groups -OCH3 is 1. The molecule has 1 saturated heterocycles. The Morgan fingerprint density at radius 3 is 2.56 bits per heavy atom. The molecular formula is C18H19N3O4. The summed E-state index contributed by atoms with van der Waals surface area (Å²) in [5.74, 6) is 0.731. The summed E-state index contributed by atoms with van der Waals surface area (Å²) < 4.78 is 10.9. The first-order valence-corrected chi connectivity index (χ1v) is 7.96. The molecule has 0 bridgehead atoms. The molecule has 1 aliphatic rings. The van der Waals surface area contributed by atoms with Crippen molar-refractivity contribution < 1.29 is 14.4 Å². The summed E-state index contributed by atoms with van der Waals surface area (Å²) in [5.41, 5.74) is 2.63. The fourth-order valence-electron chi connectivity index (χ4n) is 2.63. The highest BCUT2D eigenvalue weighted by molar-refractivity contribution is 5.86. The van der Waals surface area contributed by atoms with Gasteiger partial charge in [-0.05, 0) is 24.3 Å². The van der Waals surface area contributed by atoms with E-state index in [2.05, 4.69) is 9.89 Å². The van der Waals surface area contributed by atoms with E-state index in [9.17, 15) is 10.1 Å². The number of rotatable bonds is 5. The monoisotopic (exact) mass is 341 g/mol. The number of nitrogens with zero attached hydrogens (tertiary/aromatic N) is 3. The van der Waals surface area contributed by atoms with Gasteiger partial charge in [0.2, 0.25) is 0 Å². The van der Waals surface area contributed by atoms with Crippen molar-refractivity contribution in [1.29, 1.82) is 0 Å². The van der Waals surface area contributed by atoms with Gasteiger partial charge < -0.3 is 14.4 Å². The van der Waals surface area contributed by atoms with E-state index in [-0.39, 0.29) is 5.69 Å². The number of anilines is 1. The fraction of sp³-hybridized carbons (Fsp3) is 0.278. The molecule has 2 aromatic carbocycles. The SMILES string of the molecule is COc1cc(N2CCOCC2)ccc1C=Nc1ccc([N+](=O)[O-])cc1. The van der Waals surface area contributed by atoms with E-state index in [1.165, 1.54) is 12.1 Å². The van der Waals surface area contributed by atoms with Crippen LogP contribution >= 0.6 is 0 Å². The molecule has 130 valence electrons. The minimum atomic E-state index is -0.430. The number of nitro benzene ring substituents is 1. The van der Waals surface area contributed by atoms with Crippen LogP contribution in [0, 0.1) is 10.1 Å². The Morgan fingerprint density at radius 1 is 1.20 bits per heavy atom. The van der Waals surface area contributed by atoms with Crippen molar-refractivity contribution in [3.63, 3.8) is 0 Å². The molecule has 0 saturated carbocycles. The summed E-state index contributed by atoms with van der Waals surface area (Å²) in [4.78, 5) is 16.9. The van der Waals surface area contributed by atoms with Crippen molar-refractivity contribution in [2.45, 2.75) is 0 Å². The number of nitro groups is 1. The summed E-state index contributed by atoms with van der Waals surface area (Å²) in [6.45, 7) is 3.18. The number of non-ortho nitro benzene ring substituents is 1. The molecule has 1 aliphatic heterocycles. The molecule has 0 atom stereocenters. The first-order valence-electron chi connectivity index (χ1n) is 7.96. The summed E-state index contributed by atoms with van der Waals surface area (Å²) in [6, 6.07) is 12.1. The van der Waals surface area contributed by atoms with Crippen LogP contribution in [0.3, 0.4) is 0 Å². The van der Waals surface area contributed by atoms with Crippen LogP contribution in [0.2, 0.25) is 0 Å². The highest BCUT2D eigenvalue weighted by Crippen LogP contribution is 2.26. The maximum absolute atomic E-state index is 10.7. The van der Waals surface area contributed by atoms with Gasteiger partial charge in [-0.25, -0.2) is 0 Å². The normalized spacial score (nSPS) is 14.7. The Kier molecular flexibility index (Phi) is 5.25. The lowest BCUT2D eigenvalue weighted by atomic mass is 10.1. The minimum Gasteiger partial charge on any atom is -0.496 e. The van der Waals surface area contributed by atoms with Crippen molar-refractivity contribution in [3.05, 3.63) is 58.1 Å². The van der Waals surface area contributed by atoms with Crippen LogP contribution in [-0.4, -0.2) is 44.6 Å². The fourth-order valence-corrected chi connectivity index (χ4v) is 2.63. The van der Waals surface area contributed by atoms with E-state index in [0.29, 0.717) is 5.69 Å². The maximum Gasteiger partial charge on any atom is 0.269 e. The van der Waals surface area contributed by atoms with Gasteiger partial charge in [-0.15, -0.1) is 0 Å². The topological polar surface area (TPSA) is 77.2 Å². The van der Waals surface area contributed by atoms with Gasteiger partial charge in [0.05, 0.1) is 30.9 Å². The predicted molar refractivity (Wildman–Crippen MR) is 96.4 cm³/mol. The van der Waals surface area contributed by atoms with Gasteiger partial charge in [0.15, 0.2) is 0 Å². The van der Waals surface area contributed by atoms with E-state index in [0.717, 1.165) is 43.3 Å². The van der Waals surface area contributed by atoms with Crippen molar-refractivity contribution in [3.8, 4) is 5.75 Å². The van der Waals surface area contributed by atoms with Crippen LogP contribution in [0.5, 0.6) is 5.75 Å². The average molecular weight is 341 g/mol. The van der Waals surface area contributed by atoms with E-state index >= 15 is 0 Å². The van der Waals surface area contributed by atoms with Gasteiger partial charge in [0.1, 0.15) is 5.75 Å². The molecule has 7 heteroatoms. The van der Waals surface area contributed by atoms with Crippen molar-refractivity contribution in [2.75, 3.05) is 38.3 Å². The van der Waals surface area contributed by atoms with E-state index < -0.39 is 4.92 Å². The Balaban J connectivity index is 1.78. The smallest absolute Gasteiger partial charge is 0.269 e. The Hall–Kier alpha value is -2.93. The van der Waals surface area contributed by atoms with Gasteiger partial charge in [-0.2, -0.15) is 0 Å². The lowest BCUT2D eigenvalue weighted by Crippen LogP contribution is -2.36. The molecule has 0 unspecified atom stereocenters. The molecule has 1 heterocycles. The summed E-state index contributed by atoms with van der Waals surface area (Å²) in [7, 11) is 1.63. The molecule has 1 fully saturated rings. The quantitative estimate of drug-likeness (QED) is 0.474. The first kappa shape index (κ1) is 16.9. The van der Waals surface area contributed by atoms with Gasteiger partial charge in [0.25, 0.3) is 5.69 Å². The second kappa shape index (κ2) is 7.76. The third-order valence-corrected chi connectivity index (χ3v) is 4.01. The number of aliphatic imine (C=N–C) groups is 1. The molecule has 2 aromatic rings. The minimum absolute atomic E-state index is 0.0476. The molecule has 0 aliphatic carbocycles. The van der Waals surface area contributed by atoms with Crippen LogP contribution in [0.25, 0.3) is 0 Å². The van der Waals surface area contributed by atoms with E-state index in [1.807, 2.05) is 18.2 Å². The number of morpholine rings is 1. The lowest BCUT2D eigenvalue weighted by molar-refractivity contribution is -0.384. The second-order valence-corrected chi connectivity index (χ2v) is 5.56. The number of hydrogen-bond acceptors (Lipinski definition) is 6. The zero-order valence-electron chi connectivity index (χ0n) is 13.9. The van der Waals surface area contributed by atoms with Crippen LogP contribution in [-0.2, 0) is 4.74 Å². The molecule has 25 heavy (non-hydrogen) atoms. The average Bonchev–Trinajstić information content (AvgIpc) is 2.67. The molecule has 3 rings (SSSR count). The first-order chi connectivity index (χ1) is 12.2. The largest absolute Gasteiger partial charge is 0.496 e. The highest BCUT2D eigenvalue weighted by Gasteiger charge is 2.13. The third-order valence-electron chi connectivity index (χ3n) is 4.01. The van der Waals surface area contributed by atoms with Crippen molar-refractivity contribution in [2.24, 2.45) is 4.99 Å². The summed E-state index contributed by atoms with van der Waals surface area (Å²) in [6.07, 6.45) is 1.70. The lowest BCUT2D eigenvalue weighted by Gasteiger charge is -2.29. The van der Waals surface area contributed by atoms with Crippen LogP contribution in [0.1, 0.15) is 5.56 Å². The number of ether oxygens (including phenoxy) is 2. The van der Waals surface area contributed by atoms with E-state index in [1.54, 1.807) is 25.5 Å². The molecular weight excluding hydrogens is 322 g/mol. The van der Waals surface area contributed by atoms with Gasteiger partial charge in [-0.3, -0.25) is 15.1 Å². The molecule has 7 nitrogen and oxygen atoms in total. The number of hydrogen-bond donors (Lipinski definition) is 0. The predicted octanol–water partition coefficient (Wildman–Crippen LogP) is 3.19. The molecule has 0 aromatic heterocycles. The highest BCUT2D eigenvalue weighted by atomic mass is 16.6. The molecule has 0 amide bonds. The zero-order valence-corrected chi connectivity index (χ0v) is 13.9. The van der Waals surface area contributed by atoms with Gasteiger partial charge in [-0.1, -0.05) is 0 Å². The van der Waals surface area contributed by atoms with Crippen LogP contribution < -0.4 is 9.64 Å². The Bertz CT molecular complexity index is 768.